The molecule has 2 fully saturated rings. The molecule has 2 atom stereocenters. The van der Waals surface area contributed by atoms with Gasteiger partial charge in [-0.05, 0) is 80.1 Å². The van der Waals surface area contributed by atoms with Crippen LogP contribution in [0, 0.1) is 5.92 Å². The van der Waals surface area contributed by atoms with E-state index in [0.29, 0.717) is 29.0 Å². The number of likely N-dealkylation sites (tertiary alicyclic amines) is 1. The Hall–Kier alpha value is -2.54. The number of nitrogens with one attached hydrogen (secondary N) is 1. The van der Waals surface area contributed by atoms with E-state index in [9.17, 15) is 13.2 Å². The van der Waals surface area contributed by atoms with E-state index in [1.54, 1.807) is 36.4 Å². The molecule has 2 aliphatic rings. The quantitative estimate of drug-likeness (QED) is 0.771. The predicted octanol–water partition coefficient (Wildman–Crippen LogP) is 4.29. The number of hydrogen-bond donors (Lipinski definition) is 1. The number of piperidine rings is 1. The third-order valence-electron chi connectivity index (χ3n) is 6.26. The van der Waals surface area contributed by atoms with Crippen LogP contribution in [0.3, 0.4) is 0 Å². The molecule has 160 valence electrons. The number of carbonyl (C=O) groups excluding carboxylic acids is 1. The Labute approximate surface area is 178 Å². The van der Waals surface area contributed by atoms with E-state index in [0.717, 1.165) is 19.4 Å². The molecule has 30 heavy (non-hydrogen) atoms. The summed E-state index contributed by atoms with van der Waals surface area (Å²) in [5, 5.41) is 0. The molecule has 6 nitrogen and oxygen atoms in total. The lowest BCUT2D eigenvalue weighted by Gasteiger charge is -2.44. The number of sulfonamides is 1. The summed E-state index contributed by atoms with van der Waals surface area (Å²) in [6.07, 6.45) is 7.06. The van der Waals surface area contributed by atoms with Crippen LogP contribution in [0.1, 0.15) is 48.9 Å². The van der Waals surface area contributed by atoms with Crippen molar-refractivity contribution in [3.63, 3.8) is 0 Å². The van der Waals surface area contributed by atoms with Crippen LogP contribution in [0.15, 0.2) is 53.4 Å². The van der Waals surface area contributed by atoms with Crippen molar-refractivity contribution < 1.29 is 17.9 Å². The highest BCUT2D eigenvalue weighted by molar-refractivity contribution is 7.92. The Kier molecular flexibility index (Phi) is 5.99. The SMILES string of the molecule is COc1ccc(S(=O)(=O)Nc2ccc(C(=O)N3CCC[C@@H]4CCCC[C@@H]43)cc2)cc1. The lowest BCUT2D eigenvalue weighted by molar-refractivity contribution is 0.0390. The monoisotopic (exact) mass is 428 g/mol. The van der Waals surface area contributed by atoms with Crippen LogP contribution in [0.2, 0.25) is 0 Å². The summed E-state index contributed by atoms with van der Waals surface area (Å²) in [6.45, 7) is 0.811. The van der Waals surface area contributed by atoms with Gasteiger partial charge in [-0.3, -0.25) is 9.52 Å². The predicted molar refractivity (Wildman–Crippen MR) is 116 cm³/mol. The Morgan fingerprint density at radius 1 is 0.967 bits per heavy atom. The zero-order valence-corrected chi connectivity index (χ0v) is 18.0. The summed E-state index contributed by atoms with van der Waals surface area (Å²) < 4.78 is 32.8. The first-order valence-electron chi connectivity index (χ1n) is 10.6. The molecule has 0 aromatic heterocycles. The first kappa shape index (κ1) is 20.7. The third kappa shape index (κ3) is 4.31. The highest BCUT2D eigenvalue weighted by Gasteiger charge is 2.35. The minimum Gasteiger partial charge on any atom is -0.497 e. The number of fused-ring (bicyclic) bond motifs is 1. The van der Waals surface area contributed by atoms with Crippen LogP contribution in [0.5, 0.6) is 5.75 Å². The van der Waals surface area contributed by atoms with E-state index >= 15 is 0 Å². The van der Waals surface area contributed by atoms with Gasteiger partial charge in [-0.2, -0.15) is 0 Å². The van der Waals surface area contributed by atoms with Crippen LogP contribution >= 0.6 is 0 Å². The second kappa shape index (κ2) is 8.68. The summed E-state index contributed by atoms with van der Waals surface area (Å²) >= 11 is 0. The van der Waals surface area contributed by atoms with E-state index in [-0.39, 0.29) is 10.8 Å². The lowest BCUT2D eigenvalue weighted by atomic mass is 9.78. The minimum atomic E-state index is -3.71. The molecule has 1 heterocycles. The number of benzene rings is 2. The Balaban J connectivity index is 1.46. The van der Waals surface area contributed by atoms with E-state index in [1.807, 2.05) is 4.90 Å². The summed E-state index contributed by atoms with van der Waals surface area (Å²) in [5.74, 6) is 1.28. The number of amides is 1. The minimum absolute atomic E-state index is 0.0520. The maximum atomic E-state index is 13.1. The van der Waals surface area contributed by atoms with Crippen molar-refractivity contribution in [3.8, 4) is 5.75 Å². The van der Waals surface area contributed by atoms with Gasteiger partial charge in [0.1, 0.15) is 5.75 Å². The molecule has 1 aliphatic carbocycles. The molecule has 0 spiro atoms. The van der Waals surface area contributed by atoms with Crippen LogP contribution in [0.4, 0.5) is 5.69 Å². The van der Waals surface area contributed by atoms with Crippen LogP contribution in [0.25, 0.3) is 0 Å². The fourth-order valence-electron chi connectivity index (χ4n) is 4.69. The number of ether oxygens (including phenoxy) is 1. The van der Waals surface area contributed by atoms with Crippen LogP contribution in [-0.2, 0) is 10.0 Å². The maximum Gasteiger partial charge on any atom is 0.261 e. The second-order valence-electron chi connectivity index (χ2n) is 8.11. The molecule has 2 aromatic carbocycles. The number of anilines is 1. The summed E-state index contributed by atoms with van der Waals surface area (Å²) in [4.78, 5) is 15.3. The van der Waals surface area contributed by atoms with Crippen molar-refractivity contribution in [1.29, 1.82) is 0 Å². The van der Waals surface area contributed by atoms with Gasteiger partial charge in [0.15, 0.2) is 0 Å². The van der Waals surface area contributed by atoms with Crippen LogP contribution in [-0.4, -0.2) is 38.9 Å². The Bertz CT molecular complexity index is 985. The van der Waals surface area contributed by atoms with Gasteiger partial charge >= 0.3 is 0 Å². The fourth-order valence-corrected chi connectivity index (χ4v) is 5.75. The normalized spacial score (nSPS) is 21.6. The van der Waals surface area contributed by atoms with Crippen molar-refractivity contribution in [1.82, 2.24) is 4.90 Å². The average Bonchev–Trinajstić information content (AvgIpc) is 2.78. The number of nitrogens with zero attached hydrogens (tertiary/aromatic N) is 1. The summed E-state index contributed by atoms with van der Waals surface area (Å²) in [7, 11) is -2.18. The second-order valence-corrected chi connectivity index (χ2v) is 9.79. The molecule has 4 rings (SSSR count). The van der Waals surface area contributed by atoms with Crippen molar-refractivity contribution in [2.75, 3.05) is 18.4 Å². The zero-order chi connectivity index (χ0) is 21.1. The van der Waals surface area contributed by atoms with Crippen molar-refractivity contribution in [3.05, 3.63) is 54.1 Å². The molecule has 1 N–H and O–H groups in total. The van der Waals surface area contributed by atoms with Crippen LogP contribution < -0.4 is 9.46 Å². The van der Waals surface area contributed by atoms with Gasteiger partial charge in [-0.1, -0.05) is 12.8 Å². The number of methoxy groups -OCH3 is 1. The molecule has 1 amide bonds. The zero-order valence-electron chi connectivity index (χ0n) is 17.2. The largest absolute Gasteiger partial charge is 0.497 e. The molecule has 0 bridgehead atoms. The fraction of sp³-hybridized carbons (Fsp3) is 0.435. The molecular weight excluding hydrogens is 400 g/mol. The molecule has 0 unspecified atom stereocenters. The number of rotatable bonds is 5. The van der Waals surface area contributed by atoms with E-state index in [1.165, 1.54) is 44.9 Å². The number of carbonyl (C=O) groups is 1. The van der Waals surface area contributed by atoms with Gasteiger partial charge < -0.3 is 9.64 Å². The highest BCUT2D eigenvalue weighted by atomic mass is 32.2. The Morgan fingerprint density at radius 3 is 2.33 bits per heavy atom. The lowest BCUT2D eigenvalue weighted by Crippen LogP contribution is -2.49. The van der Waals surface area contributed by atoms with Crippen molar-refractivity contribution in [2.24, 2.45) is 5.92 Å². The molecule has 1 aliphatic heterocycles. The van der Waals surface area contributed by atoms with Gasteiger partial charge in [0.05, 0.1) is 12.0 Å². The molecule has 0 radical (unpaired) electrons. The molecular formula is C23H28N2O4S. The van der Waals surface area contributed by atoms with E-state index in [2.05, 4.69) is 4.72 Å². The maximum absolute atomic E-state index is 13.1. The van der Waals surface area contributed by atoms with Crippen molar-refractivity contribution in [2.45, 2.75) is 49.5 Å². The highest BCUT2D eigenvalue weighted by Crippen LogP contribution is 2.36. The molecule has 1 saturated heterocycles. The first-order chi connectivity index (χ1) is 14.5. The molecule has 1 saturated carbocycles. The average molecular weight is 429 g/mol. The summed E-state index contributed by atoms with van der Waals surface area (Å²) in [5.41, 5.74) is 1.03. The number of hydrogen-bond acceptors (Lipinski definition) is 4. The first-order valence-corrected chi connectivity index (χ1v) is 12.0. The van der Waals surface area contributed by atoms with Crippen molar-refractivity contribution >= 4 is 21.6 Å². The third-order valence-corrected chi connectivity index (χ3v) is 7.66. The van der Waals surface area contributed by atoms with Gasteiger partial charge in [0.2, 0.25) is 0 Å². The standard InChI is InChI=1S/C23H28N2O4S/c1-29-20-12-14-21(15-13-20)30(27,28)24-19-10-8-18(9-11-19)23(26)25-16-4-6-17-5-2-3-7-22(17)25/h8-15,17,22,24H,2-7,16H2,1H3/t17-,22-/m0/s1. The smallest absolute Gasteiger partial charge is 0.261 e. The van der Waals surface area contributed by atoms with E-state index < -0.39 is 10.0 Å². The molecule has 7 heteroatoms. The van der Waals surface area contributed by atoms with Gasteiger partial charge in [0, 0.05) is 23.8 Å². The van der Waals surface area contributed by atoms with E-state index in [4.69, 9.17) is 4.74 Å². The summed E-state index contributed by atoms with van der Waals surface area (Å²) in [6, 6.07) is 13.3. The Morgan fingerprint density at radius 2 is 1.63 bits per heavy atom. The van der Waals surface area contributed by atoms with Gasteiger partial charge in [-0.25, -0.2) is 8.42 Å². The topological polar surface area (TPSA) is 75.7 Å². The molecule has 2 aromatic rings. The van der Waals surface area contributed by atoms with Gasteiger partial charge in [0.25, 0.3) is 15.9 Å². The van der Waals surface area contributed by atoms with Gasteiger partial charge in [-0.15, -0.1) is 0 Å².